The van der Waals surface area contributed by atoms with Gasteiger partial charge in [0, 0.05) is 32.7 Å². The van der Waals surface area contributed by atoms with Gasteiger partial charge in [0.05, 0.1) is 5.92 Å². The predicted octanol–water partition coefficient (Wildman–Crippen LogP) is 5.13. The van der Waals surface area contributed by atoms with E-state index in [1.165, 1.54) is 10.8 Å². The number of rotatable bonds is 6. The molecule has 1 aromatic heterocycles. The first-order valence-corrected chi connectivity index (χ1v) is 11.3. The molecular weight excluding hydrogens is 473 g/mol. The van der Waals surface area contributed by atoms with Gasteiger partial charge in [-0.3, -0.25) is 19.0 Å². The van der Waals surface area contributed by atoms with E-state index in [0.717, 1.165) is 5.56 Å². The lowest BCUT2D eigenvalue weighted by Gasteiger charge is -2.19. The van der Waals surface area contributed by atoms with E-state index >= 15 is 0 Å². The smallest absolute Gasteiger partial charge is 0.259 e. The summed E-state index contributed by atoms with van der Waals surface area (Å²) in [5, 5.41) is 4.91. The van der Waals surface area contributed by atoms with Crippen molar-refractivity contribution in [3.8, 4) is 0 Å². The Labute approximate surface area is 205 Å². The zero-order chi connectivity index (χ0) is 24.4. The molecule has 4 rings (SSSR count). The van der Waals surface area contributed by atoms with Gasteiger partial charge >= 0.3 is 0 Å². The maximum absolute atomic E-state index is 13.3. The SMILES string of the molecule is C[C@H](C(=O)Nc1cccc2c(=O)n(C(C(N)=O)c3ccc(Cl)cc3)ccc12)c1ccc(Cl)cc1. The maximum Gasteiger partial charge on any atom is 0.259 e. The monoisotopic (exact) mass is 493 g/mol. The first-order valence-electron chi connectivity index (χ1n) is 10.5. The van der Waals surface area contributed by atoms with Crippen LogP contribution in [-0.4, -0.2) is 16.4 Å². The van der Waals surface area contributed by atoms with Gasteiger partial charge in [0.1, 0.15) is 6.04 Å². The van der Waals surface area contributed by atoms with Crippen molar-refractivity contribution < 1.29 is 9.59 Å². The van der Waals surface area contributed by atoms with Gasteiger partial charge in [0.25, 0.3) is 5.56 Å². The molecule has 3 aromatic carbocycles. The number of anilines is 1. The molecule has 172 valence electrons. The quantitative estimate of drug-likeness (QED) is 0.389. The molecular formula is C26H21Cl2N3O3. The molecule has 0 aliphatic heterocycles. The summed E-state index contributed by atoms with van der Waals surface area (Å²) in [5.41, 5.74) is 7.10. The van der Waals surface area contributed by atoms with E-state index in [9.17, 15) is 14.4 Å². The second-order valence-electron chi connectivity index (χ2n) is 7.91. The third-order valence-electron chi connectivity index (χ3n) is 5.73. The minimum absolute atomic E-state index is 0.227. The summed E-state index contributed by atoms with van der Waals surface area (Å²) in [5.74, 6) is -1.34. The van der Waals surface area contributed by atoms with Crippen LogP contribution < -0.4 is 16.6 Å². The van der Waals surface area contributed by atoms with Crippen LogP contribution in [0.2, 0.25) is 10.0 Å². The third kappa shape index (κ3) is 4.69. The fourth-order valence-electron chi connectivity index (χ4n) is 3.86. The number of pyridine rings is 1. The molecule has 0 spiro atoms. The third-order valence-corrected chi connectivity index (χ3v) is 6.23. The van der Waals surface area contributed by atoms with Crippen molar-refractivity contribution in [2.75, 3.05) is 5.32 Å². The van der Waals surface area contributed by atoms with Gasteiger partial charge in [-0.05, 0) is 60.5 Å². The summed E-state index contributed by atoms with van der Waals surface area (Å²) in [7, 11) is 0. The minimum Gasteiger partial charge on any atom is -0.368 e. The number of primary amides is 1. The Morgan fingerprint density at radius 2 is 1.44 bits per heavy atom. The van der Waals surface area contributed by atoms with Gasteiger partial charge in [-0.2, -0.15) is 0 Å². The number of nitrogens with zero attached hydrogens (tertiary/aromatic N) is 1. The van der Waals surface area contributed by atoms with Crippen molar-refractivity contribution in [3.05, 3.63) is 111 Å². The van der Waals surface area contributed by atoms with Crippen LogP contribution in [-0.2, 0) is 9.59 Å². The number of carbonyl (C=O) groups excluding carboxylic acids is 2. The standard InChI is InChI=1S/C26H21Cl2N3O3/c1-15(16-5-9-18(27)10-6-16)25(33)30-22-4-2-3-21-20(22)13-14-31(26(21)34)23(24(29)32)17-7-11-19(28)12-8-17/h2-15,23H,1H3,(H2,29,32)(H,30,33)/t15-,23?/m0/s1. The summed E-state index contributed by atoms with van der Waals surface area (Å²) in [6, 6.07) is 19.4. The zero-order valence-electron chi connectivity index (χ0n) is 18.2. The highest BCUT2D eigenvalue weighted by Gasteiger charge is 2.23. The normalized spacial score (nSPS) is 12.8. The topological polar surface area (TPSA) is 94.2 Å². The average molecular weight is 494 g/mol. The van der Waals surface area contributed by atoms with Crippen molar-refractivity contribution in [3.63, 3.8) is 0 Å². The van der Waals surface area contributed by atoms with Gasteiger partial charge in [-0.1, -0.05) is 53.5 Å². The van der Waals surface area contributed by atoms with Gasteiger partial charge in [-0.25, -0.2) is 0 Å². The summed E-state index contributed by atoms with van der Waals surface area (Å²) >= 11 is 11.9. The highest BCUT2D eigenvalue weighted by Crippen LogP contribution is 2.26. The summed E-state index contributed by atoms with van der Waals surface area (Å²) < 4.78 is 1.29. The van der Waals surface area contributed by atoms with Crippen LogP contribution in [0, 0.1) is 0 Å². The van der Waals surface area contributed by atoms with E-state index in [4.69, 9.17) is 28.9 Å². The van der Waals surface area contributed by atoms with Crippen LogP contribution in [0.1, 0.15) is 30.0 Å². The minimum atomic E-state index is -1.00. The van der Waals surface area contributed by atoms with E-state index in [-0.39, 0.29) is 5.91 Å². The molecule has 1 unspecified atom stereocenters. The first-order chi connectivity index (χ1) is 16.3. The zero-order valence-corrected chi connectivity index (χ0v) is 19.7. The molecule has 0 aliphatic rings. The number of nitrogens with two attached hydrogens (primary N) is 1. The second kappa shape index (κ2) is 9.71. The number of amides is 2. The lowest BCUT2D eigenvalue weighted by atomic mass is 10.00. The highest BCUT2D eigenvalue weighted by atomic mass is 35.5. The molecule has 3 N–H and O–H groups in total. The molecule has 0 saturated heterocycles. The van der Waals surface area contributed by atoms with E-state index in [1.807, 2.05) is 0 Å². The van der Waals surface area contributed by atoms with Crippen LogP contribution in [0.25, 0.3) is 10.8 Å². The number of hydrogen-bond donors (Lipinski definition) is 2. The van der Waals surface area contributed by atoms with Crippen molar-refractivity contribution in [1.29, 1.82) is 0 Å². The maximum atomic E-state index is 13.3. The number of fused-ring (bicyclic) bond motifs is 1. The number of halogens is 2. The van der Waals surface area contributed by atoms with Crippen molar-refractivity contribution >= 4 is 51.5 Å². The largest absolute Gasteiger partial charge is 0.368 e. The molecule has 8 heteroatoms. The summed E-state index contributed by atoms with van der Waals surface area (Å²) in [6.07, 6.45) is 1.51. The molecule has 1 heterocycles. The van der Waals surface area contributed by atoms with Gasteiger partial charge in [0.2, 0.25) is 11.8 Å². The highest BCUT2D eigenvalue weighted by molar-refractivity contribution is 6.30. The van der Waals surface area contributed by atoms with Crippen LogP contribution in [0.3, 0.4) is 0 Å². The van der Waals surface area contributed by atoms with E-state index < -0.39 is 23.4 Å². The van der Waals surface area contributed by atoms with E-state index in [0.29, 0.717) is 32.1 Å². The van der Waals surface area contributed by atoms with Crippen molar-refractivity contribution in [2.45, 2.75) is 18.9 Å². The van der Waals surface area contributed by atoms with Crippen LogP contribution in [0.5, 0.6) is 0 Å². The van der Waals surface area contributed by atoms with Gasteiger partial charge in [-0.15, -0.1) is 0 Å². The Balaban J connectivity index is 1.70. The van der Waals surface area contributed by atoms with Crippen LogP contribution in [0.4, 0.5) is 5.69 Å². The van der Waals surface area contributed by atoms with Crippen LogP contribution >= 0.6 is 23.2 Å². The number of benzene rings is 3. The summed E-state index contributed by atoms with van der Waals surface area (Å²) in [4.78, 5) is 38.5. The molecule has 2 amide bonds. The second-order valence-corrected chi connectivity index (χ2v) is 8.79. The molecule has 0 fully saturated rings. The Morgan fingerprint density at radius 1 is 0.853 bits per heavy atom. The van der Waals surface area contributed by atoms with E-state index in [1.54, 1.807) is 79.7 Å². The van der Waals surface area contributed by atoms with E-state index in [2.05, 4.69) is 5.32 Å². The Hall–Kier alpha value is -3.61. The molecule has 0 saturated carbocycles. The fourth-order valence-corrected chi connectivity index (χ4v) is 4.11. The average Bonchev–Trinajstić information content (AvgIpc) is 2.82. The number of hydrogen-bond acceptors (Lipinski definition) is 3. The number of aromatic nitrogens is 1. The molecule has 6 nitrogen and oxygen atoms in total. The molecule has 2 atom stereocenters. The number of nitrogens with one attached hydrogen (secondary N) is 1. The van der Waals surface area contributed by atoms with Gasteiger partial charge in [0.15, 0.2) is 0 Å². The summed E-state index contributed by atoms with van der Waals surface area (Å²) in [6.45, 7) is 1.79. The molecule has 0 radical (unpaired) electrons. The first kappa shape index (κ1) is 23.5. The Bertz CT molecular complexity index is 1430. The van der Waals surface area contributed by atoms with Gasteiger partial charge < -0.3 is 11.1 Å². The lowest BCUT2D eigenvalue weighted by Crippen LogP contribution is -2.34. The molecule has 34 heavy (non-hydrogen) atoms. The molecule has 0 aliphatic carbocycles. The number of carbonyl (C=O) groups is 2. The Kier molecular flexibility index (Phi) is 6.72. The van der Waals surface area contributed by atoms with Crippen molar-refractivity contribution in [1.82, 2.24) is 4.57 Å². The Morgan fingerprint density at radius 3 is 2.03 bits per heavy atom. The lowest BCUT2D eigenvalue weighted by molar-refractivity contribution is -0.120. The molecule has 4 aromatic rings. The fraction of sp³-hybridized carbons (Fsp3) is 0.115. The predicted molar refractivity (Wildman–Crippen MR) is 135 cm³/mol. The van der Waals surface area contributed by atoms with Crippen molar-refractivity contribution in [2.24, 2.45) is 5.73 Å². The van der Waals surface area contributed by atoms with Crippen LogP contribution in [0.15, 0.2) is 83.8 Å². The molecule has 0 bridgehead atoms.